The van der Waals surface area contributed by atoms with Crippen LogP contribution in [0.5, 0.6) is 0 Å². The Kier molecular flexibility index (Phi) is 4.13. The van der Waals surface area contributed by atoms with Crippen LogP contribution < -0.4 is 0 Å². The summed E-state index contributed by atoms with van der Waals surface area (Å²) < 4.78 is 7.29. The number of benzene rings is 2. The molecule has 0 fully saturated rings. The summed E-state index contributed by atoms with van der Waals surface area (Å²) in [7, 11) is 0. The fourth-order valence-corrected chi connectivity index (χ4v) is 3.19. The molecule has 0 unspecified atom stereocenters. The van der Waals surface area contributed by atoms with Crippen LogP contribution in [-0.2, 0) is 5.75 Å². The van der Waals surface area contributed by atoms with Gasteiger partial charge in [-0.1, -0.05) is 47.1 Å². The van der Waals surface area contributed by atoms with E-state index in [1.807, 2.05) is 24.3 Å². The molecule has 0 bridgehead atoms. The first-order valence-corrected chi connectivity index (χ1v) is 8.66. The first-order valence-electron chi connectivity index (χ1n) is 6.92. The SMILES string of the molecule is Clc1ccc(-n2nnnc2CSc2nc3ccccc3o2)cc1Cl. The van der Waals surface area contributed by atoms with E-state index >= 15 is 0 Å². The van der Waals surface area contributed by atoms with Crippen LogP contribution in [0.3, 0.4) is 0 Å². The molecule has 4 rings (SSSR count). The van der Waals surface area contributed by atoms with Crippen molar-refractivity contribution in [3.63, 3.8) is 0 Å². The lowest BCUT2D eigenvalue weighted by Gasteiger charge is -2.04. The van der Waals surface area contributed by atoms with E-state index in [2.05, 4.69) is 20.5 Å². The summed E-state index contributed by atoms with van der Waals surface area (Å²) in [5, 5.41) is 13.3. The van der Waals surface area contributed by atoms with E-state index in [0.29, 0.717) is 26.8 Å². The molecule has 2 aromatic carbocycles. The first-order chi connectivity index (χ1) is 11.7. The number of rotatable bonds is 4. The zero-order chi connectivity index (χ0) is 16.5. The van der Waals surface area contributed by atoms with Gasteiger partial charge in [0.15, 0.2) is 11.4 Å². The summed E-state index contributed by atoms with van der Waals surface area (Å²) in [5.74, 6) is 1.15. The van der Waals surface area contributed by atoms with Gasteiger partial charge in [0.2, 0.25) is 0 Å². The lowest BCUT2D eigenvalue weighted by atomic mass is 10.3. The van der Waals surface area contributed by atoms with E-state index < -0.39 is 0 Å². The number of thioether (sulfide) groups is 1. The van der Waals surface area contributed by atoms with E-state index in [-0.39, 0.29) is 0 Å². The van der Waals surface area contributed by atoms with E-state index in [9.17, 15) is 0 Å². The maximum absolute atomic E-state index is 6.06. The number of hydrogen-bond donors (Lipinski definition) is 0. The molecular weight excluding hydrogens is 369 g/mol. The standard InChI is InChI=1S/C15H9Cl2N5OS/c16-10-6-5-9(7-11(10)17)22-14(19-20-21-22)8-24-15-18-12-3-1-2-4-13(12)23-15/h1-7H,8H2. The molecule has 0 aliphatic heterocycles. The second-order valence-electron chi connectivity index (χ2n) is 4.84. The maximum atomic E-state index is 6.06. The highest BCUT2D eigenvalue weighted by atomic mass is 35.5. The largest absolute Gasteiger partial charge is 0.431 e. The lowest BCUT2D eigenvalue weighted by molar-refractivity contribution is 0.489. The third kappa shape index (κ3) is 2.98. The van der Waals surface area contributed by atoms with E-state index in [1.54, 1.807) is 22.9 Å². The van der Waals surface area contributed by atoms with Crippen molar-refractivity contribution < 1.29 is 4.42 Å². The molecule has 4 aromatic rings. The second-order valence-corrected chi connectivity index (χ2v) is 6.58. The molecule has 0 radical (unpaired) electrons. The molecule has 2 heterocycles. The molecule has 0 saturated heterocycles. The van der Waals surface area contributed by atoms with Crippen LogP contribution in [0.4, 0.5) is 0 Å². The maximum Gasteiger partial charge on any atom is 0.257 e. The van der Waals surface area contributed by atoms with Crippen molar-refractivity contribution in [2.75, 3.05) is 0 Å². The van der Waals surface area contributed by atoms with Gasteiger partial charge in [-0.05, 0) is 40.8 Å². The Bertz CT molecular complexity index is 983. The van der Waals surface area contributed by atoms with Crippen LogP contribution in [0.25, 0.3) is 16.8 Å². The van der Waals surface area contributed by atoms with Crippen LogP contribution in [0.2, 0.25) is 10.0 Å². The van der Waals surface area contributed by atoms with Crippen molar-refractivity contribution in [1.82, 2.24) is 25.2 Å². The molecule has 0 spiro atoms. The number of fused-ring (bicyclic) bond motifs is 1. The fraction of sp³-hybridized carbons (Fsp3) is 0.0667. The third-order valence-corrected chi connectivity index (χ3v) is 4.84. The fourth-order valence-electron chi connectivity index (χ4n) is 2.15. The summed E-state index contributed by atoms with van der Waals surface area (Å²) in [5.41, 5.74) is 2.32. The van der Waals surface area contributed by atoms with Gasteiger partial charge in [0.1, 0.15) is 5.52 Å². The number of oxazole rings is 1. The summed E-state index contributed by atoms with van der Waals surface area (Å²) in [4.78, 5) is 4.42. The molecule has 6 nitrogen and oxygen atoms in total. The predicted octanol–water partition coefficient (Wildman–Crippen LogP) is 4.40. The van der Waals surface area contributed by atoms with Crippen LogP contribution in [0, 0.1) is 0 Å². The van der Waals surface area contributed by atoms with Crippen molar-refractivity contribution in [3.8, 4) is 5.69 Å². The summed E-state index contributed by atoms with van der Waals surface area (Å²) in [6.45, 7) is 0. The molecule has 9 heteroatoms. The summed E-state index contributed by atoms with van der Waals surface area (Å²) >= 11 is 13.4. The Labute approximate surface area is 150 Å². The van der Waals surface area contributed by atoms with Gasteiger partial charge in [-0.25, -0.2) is 4.98 Å². The van der Waals surface area contributed by atoms with Gasteiger partial charge in [-0.15, -0.1) is 5.10 Å². The quantitative estimate of drug-likeness (QED) is 0.490. The second kappa shape index (κ2) is 6.43. The van der Waals surface area contributed by atoms with Gasteiger partial charge < -0.3 is 4.42 Å². The number of aromatic nitrogens is 5. The molecule has 0 aliphatic carbocycles. The van der Waals surface area contributed by atoms with Gasteiger partial charge in [0.05, 0.1) is 21.5 Å². The van der Waals surface area contributed by atoms with E-state index in [0.717, 1.165) is 16.8 Å². The molecule has 120 valence electrons. The number of para-hydroxylation sites is 2. The van der Waals surface area contributed by atoms with Crippen molar-refractivity contribution in [1.29, 1.82) is 0 Å². The predicted molar refractivity (Wildman–Crippen MR) is 92.7 cm³/mol. The van der Waals surface area contributed by atoms with Gasteiger partial charge in [0.25, 0.3) is 5.22 Å². The van der Waals surface area contributed by atoms with Crippen LogP contribution in [0.15, 0.2) is 52.1 Å². The van der Waals surface area contributed by atoms with Gasteiger partial charge >= 0.3 is 0 Å². The average molecular weight is 378 g/mol. The molecule has 0 saturated carbocycles. The summed E-state index contributed by atoms with van der Waals surface area (Å²) in [6, 6.07) is 12.8. The molecule has 2 aromatic heterocycles. The highest BCUT2D eigenvalue weighted by Crippen LogP contribution is 2.27. The molecule has 24 heavy (non-hydrogen) atoms. The Morgan fingerprint density at radius 1 is 1.08 bits per heavy atom. The van der Waals surface area contributed by atoms with Crippen LogP contribution in [-0.4, -0.2) is 25.2 Å². The van der Waals surface area contributed by atoms with Crippen LogP contribution in [0.1, 0.15) is 5.82 Å². The van der Waals surface area contributed by atoms with Crippen molar-refractivity contribution in [2.45, 2.75) is 11.0 Å². The zero-order valence-electron chi connectivity index (χ0n) is 12.1. The van der Waals surface area contributed by atoms with Gasteiger partial charge in [-0.2, -0.15) is 4.68 Å². The van der Waals surface area contributed by atoms with Gasteiger partial charge in [0, 0.05) is 0 Å². The molecule has 0 aliphatic rings. The van der Waals surface area contributed by atoms with E-state index in [1.165, 1.54) is 11.8 Å². The van der Waals surface area contributed by atoms with Gasteiger partial charge in [-0.3, -0.25) is 0 Å². The first kappa shape index (κ1) is 15.4. The Hall–Kier alpha value is -2.09. The lowest BCUT2D eigenvalue weighted by Crippen LogP contribution is -2.02. The molecule has 0 atom stereocenters. The number of nitrogens with zero attached hydrogens (tertiary/aromatic N) is 5. The van der Waals surface area contributed by atoms with Crippen molar-refractivity contribution in [3.05, 3.63) is 58.3 Å². The average Bonchev–Trinajstić information content (AvgIpc) is 3.21. The minimum Gasteiger partial charge on any atom is -0.431 e. The van der Waals surface area contributed by atoms with E-state index in [4.69, 9.17) is 27.6 Å². The van der Waals surface area contributed by atoms with Crippen LogP contribution >= 0.6 is 35.0 Å². The Balaban J connectivity index is 1.57. The highest BCUT2D eigenvalue weighted by Gasteiger charge is 2.13. The number of hydrogen-bond acceptors (Lipinski definition) is 6. The summed E-state index contributed by atoms with van der Waals surface area (Å²) in [6.07, 6.45) is 0. The monoisotopic (exact) mass is 377 g/mol. The van der Waals surface area contributed by atoms with Crippen molar-refractivity contribution in [2.24, 2.45) is 0 Å². The minimum atomic E-state index is 0.447. The normalized spacial score (nSPS) is 11.2. The number of halogens is 2. The zero-order valence-corrected chi connectivity index (χ0v) is 14.4. The number of tetrazole rings is 1. The smallest absolute Gasteiger partial charge is 0.257 e. The third-order valence-electron chi connectivity index (χ3n) is 3.28. The van der Waals surface area contributed by atoms with Crippen molar-refractivity contribution >= 4 is 46.1 Å². The minimum absolute atomic E-state index is 0.447. The molecular formula is C15H9Cl2N5OS. The molecule has 0 N–H and O–H groups in total. The molecule has 0 amide bonds. The topological polar surface area (TPSA) is 69.6 Å². The Morgan fingerprint density at radius 3 is 2.79 bits per heavy atom. The Morgan fingerprint density at radius 2 is 1.96 bits per heavy atom. The highest BCUT2D eigenvalue weighted by molar-refractivity contribution is 7.98.